The molecule has 8 aromatic rings. The molecule has 32 heteroatoms. The van der Waals surface area contributed by atoms with Gasteiger partial charge in [-0.05, 0) is 84.5 Å². The number of halogens is 9. The number of anilines is 1. The van der Waals surface area contributed by atoms with Gasteiger partial charge in [0.25, 0.3) is 17.9 Å². The predicted molar refractivity (Wildman–Crippen MR) is 300 cm³/mol. The first-order valence-corrected chi connectivity index (χ1v) is 30.3. The average Bonchev–Trinajstić information content (AvgIpc) is 1.52. The Labute approximate surface area is 497 Å². The number of sulfonamides is 1. The average molecular weight is 1290 g/mol. The fraction of sp³-hybridized carbons (Fsp3) is 0.315. The maximum absolute atomic E-state index is 16.0. The van der Waals surface area contributed by atoms with Gasteiger partial charge in [-0.2, -0.15) is 23.3 Å². The Bertz CT molecular complexity index is 4390. The highest BCUT2D eigenvalue weighted by atomic mass is 35.5. The lowest BCUT2D eigenvalue weighted by atomic mass is 9.77. The summed E-state index contributed by atoms with van der Waals surface area (Å²) in [7, 11) is -8.91. The van der Waals surface area contributed by atoms with E-state index in [9.17, 15) is 51.0 Å². The summed E-state index contributed by atoms with van der Waals surface area (Å²) >= 11 is 19.4. The van der Waals surface area contributed by atoms with Crippen molar-refractivity contribution in [2.75, 3.05) is 10.6 Å². The molecule has 2 aliphatic carbocycles. The van der Waals surface area contributed by atoms with Crippen molar-refractivity contribution < 1.29 is 73.1 Å². The number of aryl methyl sites for hydroxylation is 2. The highest BCUT2D eigenvalue weighted by Gasteiger charge is 2.67. The smallest absolute Gasteiger partial charge is 0.481 e. The lowest BCUT2D eigenvalue weighted by Gasteiger charge is -2.31. The Morgan fingerprint density at radius 2 is 1.70 bits per heavy atom. The van der Waals surface area contributed by atoms with E-state index < -0.39 is 148 Å². The molecule has 0 spiro atoms. The van der Waals surface area contributed by atoms with Crippen LogP contribution in [0.25, 0.3) is 38.9 Å². The summed E-state index contributed by atoms with van der Waals surface area (Å²) in [6.45, 7) is 3.27. The van der Waals surface area contributed by atoms with Crippen molar-refractivity contribution in [1.29, 1.82) is 0 Å². The third-order valence-electron chi connectivity index (χ3n) is 14.6. The molecule has 1 saturated carbocycles. The minimum Gasteiger partial charge on any atom is -0.481 e. The number of fused-ring (bicyclic) bond motifs is 5. The van der Waals surface area contributed by atoms with Crippen LogP contribution >= 0.6 is 42.6 Å². The first-order chi connectivity index (χ1) is 40.1. The molecule has 4 aromatic heterocycles. The molecule has 4 aromatic carbocycles. The molecule has 452 valence electrons. The number of aliphatic carboxylic acids is 1. The Balaban J connectivity index is 1.17. The lowest BCUT2D eigenvalue weighted by molar-refractivity contribution is -0.136. The zero-order chi connectivity index (χ0) is 62.6. The number of carboxylic acid groups (broad SMARTS) is 1. The van der Waals surface area contributed by atoms with E-state index in [0.29, 0.717) is 17.9 Å². The maximum Gasteiger partial charge on any atom is 0.524 e. The van der Waals surface area contributed by atoms with Crippen molar-refractivity contribution in [3.8, 4) is 22.8 Å². The van der Waals surface area contributed by atoms with Gasteiger partial charge in [-0.3, -0.25) is 42.9 Å². The summed E-state index contributed by atoms with van der Waals surface area (Å²) in [5.74, 6) is -13.0. The molecule has 0 aliphatic heterocycles. The van der Waals surface area contributed by atoms with Crippen LogP contribution in [0, 0.1) is 24.5 Å². The number of phosphoric ester groups is 1. The number of hydrogen-bond donors (Lipinski definition) is 4. The van der Waals surface area contributed by atoms with Crippen LogP contribution < -0.4 is 19.7 Å². The van der Waals surface area contributed by atoms with Crippen LogP contribution in [-0.4, -0.2) is 86.4 Å². The Hall–Kier alpha value is -7.46. The van der Waals surface area contributed by atoms with Crippen molar-refractivity contribution in [1.82, 2.24) is 44.4 Å². The molecule has 21 nitrogen and oxygen atoms in total. The molecule has 0 saturated heterocycles. The maximum atomic E-state index is 16.0. The lowest BCUT2D eigenvalue weighted by Crippen LogP contribution is -2.40. The van der Waals surface area contributed by atoms with Gasteiger partial charge in [-0.15, -0.1) is 0 Å². The van der Waals surface area contributed by atoms with Crippen molar-refractivity contribution in [3.05, 3.63) is 151 Å². The molecule has 2 aliphatic rings. The molecule has 2 amide bonds. The van der Waals surface area contributed by atoms with E-state index in [0.717, 1.165) is 38.3 Å². The van der Waals surface area contributed by atoms with Crippen molar-refractivity contribution >= 4 is 98.1 Å². The van der Waals surface area contributed by atoms with Crippen molar-refractivity contribution in [3.63, 3.8) is 0 Å². The van der Waals surface area contributed by atoms with Crippen LogP contribution in [0.5, 0.6) is 5.75 Å². The molecule has 86 heavy (non-hydrogen) atoms. The van der Waals surface area contributed by atoms with Crippen LogP contribution in [0.15, 0.2) is 77.7 Å². The van der Waals surface area contributed by atoms with Crippen molar-refractivity contribution in [2.24, 2.45) is 13.0 Å². The second-order valence-corrected chi connectivity index (χ2v) is 25.9. The molecular weight excluding hydrogens is 1250 g/mol. The highest BCUT2D eigenvalue weighted by Crippen LogP contribution is 2.68. The van der Waals surface area contributed by atoms with Gasteiger partial charge in [0.2, 0.25) is 21.8 Å². The molecule has 1 fully saturated rings. The number of carbonyl (C=O) groups is 3. The SMILES string of the molecule is Cc1cc(CC(=O)O)c(C(C)(C)CC(=O)N(c2nn(C)c3c(-n4c([C@H](Cc5cc(F)cc(F)c5)NC(=O)Cn5nc(C(Cl)Cl)c6c5C(F)(F)[C@@H]5C[C@H]65)nc5cc(-c6nccc(C(F)F)n6)ccc5c4=O)ccc(Cl)c23)S(C)(=O)=O)c(OP(=O)(O)O)c1. The topological polar surface area (TPSA) is 284 Å². The Kier molecular flexibility index (Phi) is 16.0. The molecule has 0 radical (unpaired) electrons. The number of hydrogen-bond acceptors (Lipinski definition) is 13. The number of rotatable bonds is 19. The fourth-order valence-corrected chi connectivity index (χ4v) is 13.2. The summed E-state index contributed by atoms with van der Waals surface area (Å²) < 4.78 is 138. The van der Waals surface area contributed by atoms with Gasteiger partial charge >= 0.3 is 13.8 Å². The second-order valence-electron chi connectivity index (χ2n) is 21.4. The van der Waals surface area contributed by atoms with E-state index in [-0.39, 0.29) is 82.6 Å². The molecule has 0 unspecified atom stereocenters. The van der Waals surface area contributed by atoms with Gasteiger partial charge in [0, 0.05) is 60.2 Å². The number of benzene rings is 4. The zero-order valence-corrected chi connectivity index (χ0v) is 49.2. The normalized spacial score (nSPS) is 16.0. The van der Waals surface area contributed by atoms with Crippen LogP contribution in [0.3, 0.4) is 0 Å². The molecule has 0 bridgehead atoms. The molecule has 3 atom stereocenters. The number of nitrogens with one attached hydrogen (secondary N) is 1. The standard InChI is InChI=1S/C54H46Cl3F6N10O11PS/c1-23-12-26(18-40(76)77)43(37(13-23)84-85(79,80)81)53(2,3)21-39(75)73(86(5,82)83)51-42-32(55)8-9-36(45(42)70(4)69-51)72-50(67-34-17-25(6-7-29(34)52(72)78)49-64-11-10-33(66-49)48(60)61)35(16-24-14-27(58)19-28(59)15-24)65-38(74)22-71-46-41(44(68-71)47(56)57)30-20-31(30)54(46,62)63/h6-15,17,19,30-31,35,47-48H,16,18,20-22H2,1-5H3,(H,65,74)(H,76,77)(H2,79,80,81)/t30-,31+,35-/m0/s1. The van der Waals surface area contributed by atoms with E-state index in [1.807, 2.05) is 0 Å². The number of amides is 2. The summed E-state index contributed by atoms with van der Waals surface area (Å²) in [6, 6.07) is 10.5. The highest BCUT2D eigenvalue weighted by molar-refractivity contribution is 7.92. The van der Waals surface area contributed by atoms with Crippen LogP contribution in [0.2, 0.25) is 5.02 Å². The van der Waals surface area contributed by atoms with E-state index in [1.54, 1.807) is 0 Å². The molecule has 10 rings (SSSR count). The van der Waals surface area contributed by atoms with Gasteiger partial charge in [-0.1, -0.05) is 60.8 Å². The summed E-state index contributed by atoms with van der Waals surface area (Å²) in [5, 5.41) is 20.4. The third-order valence-corrected chi connectivity index (χ3v) is 16.8. The van der Waals surface area contributed by atoms with Crippen molar-refractivity contribution in [2.45, 2.75) is 87.6 Å². The zero-order valence-electron chi connectivity index (χ0n) is 45.2. The fourth-order valence-electron chi connectivity index (χ4n) is 11.3. The number of alkyl halides is 6. The Morgan fingerprint density at radius 3 is 2.34 bits per heavy atom. The van der Waals surface area contributed by atoms with Gasteiger partial charge < -0.3 is 14.9 Å². The van der Waals surface area contributed by atoms with Gasteiger partial charge in [0.15, 0.2) is 16.5 Å². The minimum absolute atomic E-state index is 0.0407. The first kappa shape index (κ1) is 61.6. The number of phosphoric acid groups is 1. The number of carbonyl (C=O) groups excluding carboxylic acids is 2. The number of carboxylic acids is 1. The molecular formula is C54H46Cl3F6N10O11PS. The summed E-state index contributed by atoms with van der Waals surface area (Å²) in [4.78, 5) is 88.5. The largest absolute Gasteiger partial charge is 0.524 e. The minimum atomic E-state index is -5.36. The summed E-state index contributed by atoms with van der Waals surface area (Å²) in [6.07, 6.45) is -3.41. The molecule has 4 N–H and O–H groups in total. The van der Waals surface area contributed by atoms with Gasteiger partial charge in [0.1, 0.15) is 41.1 Å². The molecule has 4 heterocycles. The van der Waals surface area contributed by atoms with Crippen LogP contribution in [0.1, 0.15) is 101 Å². The van der Waals surface area contributed by atoms with E-state index in [2.05, 4.69) is 25.5 Å². The van der Waals surface area contributed by atoms with Crippen LogP contribution in [-0.2, 0) is 66.7 Å². The second kappa shape index (κ2) is 22.4. The quantitative estimate of drug-likeness (QED) is 0.0333. The van der Waals surface area contributed by atoms with Gasteiger partial charge in [0.05, 0.1) is 56.9 Å². The number of nitrogens with zero attached hydrogens (tertiary/aromatic N) is 9. The van der Waals surface area contributed by atoms with Gasteiger partial charge in [-0.25, -0.2) is 45.5 Å². The third kappa shape index (κ3) is 11.8. The predicted octanol–water partition coefficient (Wildman–Crippen LogP) is 9.65. The van der Waals surface area contributed by atoms with Crippen LogP contribution in [0.4, 0.5) is 32.2 Å². The number of aromatic nitrogens is 8. The summed E-state index contributed by atoms with van der Waals surface area (Å²) in [5.41, 5.74) is -4.67. The Morgan fingerprint density at radius 1 is 1.00 bits per heavy atom. The monoisotopic (exact) mass is 1290 g/mol. The first-order valence-electron chi connectivity index (χ1n) is 25.6. The van der Waals surface area contributed by atoms with E-state index in [4.69, 9.17) is 44.3 Å². The van der Waals surface area contributed by atoms with E-state index >= 15 is 22.4 Å². The van der Waals surface area contributed by atoms with E-state index in [1.165, 1.54) is 70.3 Å².